The molecule has 2 N–H and O–H groups in total. The molecule has 2 saturated heterocycles. The number of rotatable bonds is 0. The molecule has 3 heterocycles. The van der Waals surface area contributed by atoms with Crippen molar-refractivity contribution >= 4 is 15.9 Å². The summed E-state index contributed by atoms with van der Waals surface area (Å²) in [6, 6.07) is 7.06. The number of nitrogens with two attached hydrogens (primary N) is 1. The van der Waals surface area contributed by atoms with Crippen LogP contribution in [0.5, 0.6) is 5.75 Å². The molecule has 3 aliphatic rings. The predicted octanol–water partition coefficient (Wildman–Crippen LogP) is 3.23. The van der Waals surface area contributed by atoms with Crippen molar-refractivity contribution in [3.8, 4) is 5.75 Å². The Labute approximate surface area is 128 Å². The lowest BCUT2D eigenvalue weighted by atomic mass is 9.78. The molecule has 3 nitrogen and oxygen atoms in total. The molecular weight excluding hydrogens is 316 g/mol. The van der Waals surface area contributed by atoms with Crippen molar-refractivity contribution < 1.29 is 4.74 Å². The van der Waals surface area contributed by atoms with E-state index in [0.29, 0.717) is 6.04 Å². The summed E-state index contributed by atoms with van der Waals surface area (Å²) in [6.45, 7) is 2.44. The van der Waals surface area contributed by atoms with Gasteiger partial charge in [-0.25, -0.2) is 0 Å². The summed E-state index contributed by atoms with van der Waals surface area (Å²) in [7, 11) is 0. The summed E-state index contributed by atoms with van der Waals surface area (Å²) in [5.41, 5.74) is 7.56. The van der Waals surface area contributed by atoms with E-state index >= 15 is 0 Å². The molecule has 1 aromatic carbocycles. The number of hydrogen-bond donors (Lipinski definition) is 1. The fraction of sp³-hybridized carbons (Fsp3) is 0.625. The van der Waals surface area contributed by atoms with E-state index in [1.807, 2.05) is 0 Å². The van der Waals surface area contributed by atoms with Gasteiger partial charge in [-0.05, 0) is 37.9 Å². The zero-order valence-electron chi connectivity index (χ0n) is 11.6. The van der Waals surface area contributed by atoms with Crippen LogP contribution in [0.25, 0.3) is 0 Å². The van der Waals surface area contributed by atoms with Gasteiger partial charge in [-0.15, -0.1) is 0 Å². The fourth-order valence-electron chi connectivity index (χ4n) is 4.27. The zero-order valence-corrected chi connectivity index (χ0v) is 13.2. The Hall–Kier alpha value is -0.580. The van der Waals surface area contributed by atoms with Crippen LogP contribution in [0.1, 0.15) is 43.7 Å². The van der Waals surface area contributed by atoms with Gasteiger partial charge in [-0.1, -0.05) is 22.0 Å². The Balaban J connectivity index is 1.64. The maximum absolute atomic E-state index is 6.48. The molecule has 3 atom stereocenters. The van der Waals surface area contributed by atoms with Crippen LogP contribution < -0.4 is 10.5 Å². The van der Waals surface area contributed by atoms with Gasteiger partial charge in [0.05, 0.1) is 0 Å². The monoisotopic (exact) mass is 336 g/mol. The summed E-state index contributed by atoms with van der Waals surface area (Å²) in [4.78, 5) is 2.64. The highest BCUT2D eigenvalue weighted by Crippen LogP contribution is 2.46. The molecular formula is C16H21BrN2O. The summed E-state index contributed by atoms with van der Waals surface area (Å²) >= 11 is 3.54. The van der Waals surface area contributed by atoms with E-state index in [9.17, 15) is 0 Å². The SMILES string of the molecule is N[C@@H]1CC2(CCN3CCCC3C2)Oc2cc(Br)ccc21. The molecule has 2 fully saturated rings. The molecule has 1 spiro atoms. The molecule has 0 aromatic heterocycles. The van der Waals surface area contributed by atoms with Crippen molar-refractivity contribution in [2.45, 2.75) is 49.8 Å². The Morgan fingerprint density at radius 3 is 3.10 bits per heavy atom. The van der Waals surface area contributed by atoms with Crippen molar-refractivity contribution in [2.24, 2.45) is 5.73 Å². The van der Waals surface area contributed by atoms with Gasteiger partial charge in [0.15, 0.2) is 0 Å². The van der Waals surface area contributed by atoms with E-state index in [2.05, 4.69) is 39.0 Å². The molecule has 2 unspecified atom stereocenters. The van der Waals surface area contributed by atoms with Crippen LogP contribution in [0.2, 0.25) is 0 Å². The summed E-state index contributed by atoms with van der Waals surface area (Å²) in [5.74, 6) is 0.990. The average Bonchev–Trinajstić information content (AvgIpc) is 2.85. The second-order valence-electron chi connectivity index (χ2n) is 6.56. The van der Waals surface area contributed by atoms with Gasteiger partial charge >= 0.3 is 0 Å². The Kier molecular flexibility index (Phi) is 3.09. The van der Waals surface area contributed by atoms with E-state index < -0.39 is 0 Å². The number of ether oxygens (including phenoxy) is 1. The maximum atomic E-state index is 6.48. The fourth-order valence-corrected chi connectivity index (χ4v) is 4.61. The quantitative estimate of drug-likeness (QED) is 0.790. The zero-order chi connectivity index (χ0) is 13.7. The largest absolute Gasteiger partial charge is 0.487 e. The number of nitrogens with zero attached hydrogens (tertiary/aromatic N) is 1. The lowest BCUT2D eigenvalue weighted by Crippen LogP contribution is -2.53. The normalized spacial score (nSPS) is 36.5. The topological polar surface area (TPSA) is 38.5 Å². The maximum Gasteiger partial charge on any atom is 0.126 e. The van der Waals surface area contributed by atoms with Gasteiger partial charge in [0.2, 0.25) is 0 Å². The standard InChI is InChI=1S/C16H21BrN2O/c17-11-3-4-13-14(18)10-16(20-15(13)8-11)5-7-19-6-1-2-12(19)9-16/h3-4,8,12,14H,1-2,5-7,9-10,18H2/t12?,14-,16?/m1/s1. The van der Waals surface area contributed by atoms with Crippen LogP contribution in [-0.2, 0) is 0 Å². The van der Waals surface area contributed by atoms with Crippen LogP contribution in [0.4, 0.5) is 0 Å². The van der Waals surface area contributed by atoms with Crippen molar-refractivity contribution in [1.29, 1.82) is 0 Å². The van der Waals surface area contributed by atoms with E-state index in [-0.39, 0.29) is 11.6 Å². The summed E-state index contributed by atoms with van der Waals surface area (Å²) in [5, 5.41) is 0. The van der Waals surface area contributed by atoms with Crippen LogP contribution in [0.15, 0.2) is 22.7 Å². The Morgan fingerprint density at radius 2 is 2.20 bits per heavy atom. The number of piperidine rings is 1. The minimum absolute atomic E-state index is 0.0291. The lowest BCUT2D eigenvalue weighted by molar-refractivity contribution is -0.0358. The third-order valence-corrected chi connectivity index (χ3v) is 5.75. The first-order valence-corrected chi connectivity index (χ1v) is 8.43. The van der Waals surface area contributed by atoms with Gasteiger partial charge in [0.25, 0.3) is 0 Å². The van der Waals surface area contributed by atoms with Crippen LogP contribution >= 0.6 is 15.9 Å². The first-order chi connectivity index (χ1) is 9.65. The smallest absolute Gasteiger partial charge is 0.126 e. The molecule has 108 valence electrons. The van der Waals surface area contributed by atoms with Gasteiger partial charge < -0.3 is 15.4 Å². The summed E-state index contributed by atoms with van der Waals surface area (Å²) in [6.07, 6.45) is 5.89. The van der Waals surface area contributed by atoms with E-state index in [0.717, 1.165) is 35.0 Å². The molecule has 0 aliphatic carbocycles. The van der Waals surface area contributed by atoms with Gasteiger partial charge in [0, 0.05) is 41.5 Å². The van der Waals surface area contributed by atoms with E-state index in [1.54, 1.807) is 0 Å². The summed E-state index contributed by atoms with van der Waals surface area (Å²) < 4.78 is 7.55. The van der Waals surface area contributed by atoms with Crippen molar-refractivity contribution in [2.75, 3.05) is 13.1 Å². The molecule has 1 aromatic rings. The van der Waals surface area contributed by atoms with Crippen molar-refractivity contribution in [3.05, 3.63) is 28.2 Å². The molecule has 4 rings (SSSR count). The van der Waals surface area contributed by atoms with Gasteiger partial charge in [-0.3, -0.25) is 0 Å². The minimum Gasteiger partial charge on any atom is -0.487 e. The molecule has 0 bridgehead atoms. The second-order valence-corrected chi connectivity index (χ2v) is 7.48. The molecule has 0 saturated carbocycles. The minimum atomic E-state index is -0.0291. The van der Waals surface area contributed by atoms with E-state index in [4.69, 9.17) is 10.5 Å². The van der Waals surface area contributed by atoms with Crippen LogP contribution in [-0.4, -0.2) is 29.6 Å². The van der Waals surface area contributed by atoms with Gasteiger partial charge in [0.1, 0.15) is 11.4 Å². The van der Waals surface area contributed by atoms with Crippen molar-refractivity contribution in [1.82, 2.24) is 4.90 Å². The first-order valence-electron chi connectivity index (χ1n) is 7.63. The average molecular weight is 337 g/mol. The number of fused-ring (bicyclic) bond motifs is 2. The highest BCUT2D eigenvalue weighted by atomic mass is 79.9. The highest BCUT2D eigenvalue weighted by Gasteiger charge is 2.46. The van der Waals surface area contributed by atoms with Crippen molar-refractivity contribution in [3.63, 3.8) is 0 Å². The lowest BCUT2D eigenvalue weighted by Gasteiger charge is -2.48. The molecule has 3 aliphatic heterocycles. The first kappa shape index (κ1) is 13.1. The number of halogens is 1. The third kappa shape index (κ3) is 2.09. The molecule has 0 radical (unpaired) electrons. The second kappa shape index (κ2) is 4.72. The predicted molar refractivity (Wildman–Crippen MR) is 82.9 cm³/mol. The molecule has 0 amide bonds. The van der Waals surface area contributed by atoms with Crippen LogP contribution in [0.3, 0.4) is 0 Å². The third-order valence-electron chi connectivity index (χ3n) is 5.25. The van der Waals surface area contributed by atoms with E-state index in [1.165, 1.54) is 25.9 Å². The molecule has 20 heavy (non-hydrogen) atoms. The highest BCUT2D eigenvalue weighted by molar-refractivity contribution is 9.10. The Morgan fingerprint density at radius 1 is 1.30 bits per heavy atom. The molecule has 4 heteroatoms. The van der Waals surface area contributed by atoms with Gasteiger partial charge in [-0.2, -0.15) is 0 Å². The van der Waals surface area contributed by atoms with Crippen LogP contribution in [0, 0.1) is 0 Å². The Bertz CT molecular complexity index is 535. The number of benzene rings is 1. The number of hydrogen-bond acceptors (Lipinski definition) is 3.